The van der Waals surface area contributed by atoms with Gasteiger partial charge in [-0.3, -0.25) is 0 Å². The Kier molecular flexibility index (Phi) is 2.03. The minimum absolute atomic E-state index is 0.196. The van der Waals surface area contributed by atoms with Crippen molar-refractivity contribution in [3.8, 4) is 17.6 Å². The molecule has 82 valence electrons. The molecule has 0 aromatic heterocycles. The van der Waals surface area contributed by atoms with Gasteiger partial charge in [0.2, 0.25) is 0 Å². The van der Waals surface area contributed by atoms with Gasteiger partial charge in [-0.05, 0) is 36.6 Å². The van der Waals surface area contributed by atoms with Gasteiger partial charge in [0, 0.05) is 5.92 Å². The van der Waals surface area contributed by atoms with Gasteiger partial charge in [0.05, 0.1) is 12.0 Å². The monoisotopic (exact) mass is 215 g/mol. The molecule has 2 aliphatic rings. The summed E-state index contributed by atoms with van der Waals surface area (Å²) in [6.07, 6.45) is 0.983. The van der Waals surface area contributed by atoms with Crippen LogP contribution in [0.4, 0.5) is 0 Å². The predicted molar refractivity (Wildman–Crippen MR) is 58.6 cm³/mol. The summed E-state index contributed by atoms with van der Waals surface area (Å²) in [6, 6.07) is 6.39. The molecule has 1 aromatic rings. The van der Waals surface area contributed by atoms with Crippen molar-refractivity contribution in [1.82, 2.24) is 0 Å². The van der Waals surface area contributed by atoms with Crippen molar-refractivity contribution in [2.24, 2.45) is 5.92 Å². The number of nitriles is 1. The van der Waals surface area contributed by atoms with Gasteiger partial charge >= 0.3 is 0 Å². The molecule has 16 heavy (non-hydrogen) atoms. The molecule has 1 heterocycles. The van der Waals surface area contributed by atoms with Crippen LogP contribution in [-0.4, -0.2) is 13.2 Å². The molecule has 1 fully saturated rings. The molecule has 1 aromatic carbocycles. The Morgan fingerprint density at radius 3 is 2.56 bits per heavy atom. The van der Waals surface area contributed by atoms with Crippen molar-refractivity contribution >= 4 is 0 Å². The van der Waals surface area contributed by atoms with Crippen LogP contribution < -0.4 is 9.47 Å². The largest absolute Gasteiger partial charge is 0.486 e. The second kappa shape index (κ2) is 3.41. The summed E-state index contributed by atoms with van der Waals surface area (Å²) in [5.74, 6) is 2.26. The number of hydrogen-bond donors (Lipinski definition) is 0. The number of rotatable bonds is 1. The van der Waals surface area contributed by atoms with Gasteiger partial charge in [-0.25, -0.2) is 0 Å². The Morgan fingerprint density at radius 2 is 1.94 bits per heavy atom. The van der Waals surface area contributed by atoms with E-state index in [1.807, 2.05) is 12.1 Å². The van der Waals surface area contributed by atoms with Gasteiger partial charge in [-0.1, -0.05) is 0 Å². The molecule has 0 N–H and O–H groups in total. The van der Waals surface area contributed by atoms with Crippen molar-refractivity contribution in [1.29, 1.82) is 5.26 Å². The molecule has 3 rings (SSSR count). The fourth-order valence-corrected chi connectivity index (χ4v) is 2.29. The lowest BCUT2D eigenvalue weighted by atomic mass is 10.0. The van der Waals surface area contributed by atoms with Gasteiger partial charge in [0.25, 0.3) is 0 Å². The third-order valence-electron chi connectivity index (χ3n) is 3.29. The van der Waals surface area contributed by atoms with Crippen LogP contribution in [0.2, 0.25) is 0 Å². The number of aryl methyl sites for hydroxylation is 1. The van der Waals surface area contributed by atoms with Crippen molar-refractivity contribution in [2.75, 3.05) is 13.2 Å². The first-order valence-corrected chi connectivity index (χ1v) is 5.59. The number of nitrogens with zero attached hydrogens (tertiary/aromatic N) is 1. The zero-order valence-electron chi connectivity index (χ0n) is 9.19. The van der Waals surface area contributed by atoms with E-state index < -0.39 is 0 Å². The Morgan fingerprint density at radius 1 is 1.25 bits per heavy atom. The molecule has 1 saturated carbocycles. The number of benzene rings is 1. The Labute approximate surface area is 94.6 Å². The van der Waals surface area contributed by atoms with E-state index >= 15 is 0 Å². The van der Waals surface area contributed by atoms with Gasteiger partial charge < -0.3 is 9.47 Å². The molecule has 3 nitrogen and oxygen atoms in total. The van der Waals surface area contributed by atoms with Crippen molar-refractivity contribution in [3.05, 3.63) is 23.3 Å². The van der Waals surface area contributed by atoms with Crippen molar-refractivity contribution < 1.29 is 9.47 Å². The minimum Gasteiger partial charge on any atom is -0.486 e. The number of ether oxygens (including phenoxy) is 2. The van der Waals surface area contributed by atoms with E-state index in [0.29, 0.717) is 19.1 Å². The maximum absolute atomic E-state index is 8.86. The highest BCUT2D eigenvalue weighted by atomic mass is 16.6. The smallest absolute Gasteiger partial charge is 0.161 e. The first kappa shape index (κ1) is 9.53. The highest BCUT2D eigenvalue weighted by Gasteiger charge is 2.40. The molecule has 0 radical (unpaired) electrons. The zero-order chi connectivity index (χ0) is 11.1. The molecule has 1 aliphatic heterocycles. The van der Waals surface area contributed by atoms with E-state index in [1.165, 1.54) is 11.1 Å². The van der Waals surface area contributed by atoms with Crippen molar-refractivity contribution in [3.63, 3.8) is 0 Å². The first-order valence-electron chi connectivity index (χ1n) is 5.59. The summed E-state index contributed by atoms with van der Waals surface area (Å²) >= 11 is 0. The minimum atomic E-state index is 0.196. The van der Waals surface area contributed by atoms with Crippen LogP contribution in [0.25, 0.3) is 0 Å². The van der Waals surface area contributed by atoms with Gasteiger partial charge in [0.1, 0.15) is 13.2 Å². The van der Waals surface area contributed by atoms with Crippen LogP contribution in [0.5, 0.6) is 11.5 Å². The Balaban J connectivity index is 1.97. The summed E-state index contributed by atoms with van der Waals surface area (Å²) in [6.45, 7) is 3.30. The lowest BCUT2D eigenvalue weighted by Crippen LogP contribution is -2.15. The van der Waals surface area contributed by atoms with Crippen LogP contribution in [0, 0.1) is 24.2 Å². The summed E-state index contributed by atoms with van der Waals surface area (Å²) in [7, 11) is 0. The first-order chi connectivity index (χ1) is 7.79. The predicted octanol–water partition coefficient (Wildman–Crippen LogP) is 2.39. The standard InChI is InChI=1S/C13H13NO2/c1-8-4-12-13(16-3-2-15-12)6-10(8)11-5-9(11)7-14/h4,6,9,11H,2-3,5H2,1H3. The zero-order valence-corrected chi connectivity index (χ0v) is 9.19. The number of fused-ring (bicyclic) bond motifs is 1. The fourth-order valence-electron chi connectivity index (χ4n) is 2.29. The lowest BCUT2D eigenvalue weighted by Gasteiger charge is -2.20. The van der Waals surface area contributed by atoms with Gasteiger partial charge in [-0.2, -0.15) is 5.26 Å². The fraction of sp³-hybridized carbons (Fsp3) is 0.462. The SMILES string of the molecule is Cc1cc2c(cc1C1CC1C#N)OCCO2. The molecule has 2 atom stereocenters. The quantitative estimate of drug-likeness (QED) is 0.722. The summed E-state index contributed by atoms with van der Waals surface area (Å²) < 4.78 is 11.1. The van der Waals surface area contributed by atoms with Gasteiger partial charge in [0.15, 0.2) is 11.5 Å². The Hall–Kier alpha value is -1.69. The van der Waals surface area contributed by atoms with E-state index in [9.17, 15) is 0 Å². The average molecular weight is 215 g/mol. The highest BCUT2D eigenvalue weighted by molar-refractivity contribution is 5.50. The molecule has 2 unspecified atom stereocenters. The van der Waals surface area contributed by atoms with E-state index in [1.54, 1.807) is 0 Å². The summed E-state index contributed by atoms with van der Waals surface area (Å²) in [5.41, 5.74) is 2.45. The second-order valence-electron chi connectivity index (χ2n) is 4.43. The summed E-state index contributed by atoms with van der Waals surface area (Å²) in [5, 5.41) is 8.86. The van der Waals surface area contributed by atoms with Gasteiger partial charge in [-0.15, -0.1) is 0 Å². The van der Waals surface area contributed by atoms with Crippen LogP contribution in [0.1, 0.15) is 23.5 Å². The van der Waals surface area contributed by atoms with Crippen LogP contribution in [0.3, 0.4) is 0 Å². The molecular formula is C13H13NO2. The van der Waals surface area contributed by atoms with Crippen LogP contribution in [-0.2, 0) is 0 Å². The molecule has 0 amide bonds. The van der Waals surface area contributed by atoms with E-state index in [0.717, 1.165) is 17.9 Å². The van der Waals surface area contributed by atoms with E-state index in [4.69, 9.17) is 14.7 Å². The Bertz CT molecular complexity index is 476. The van der Waals surface area contributed by atoms with E-state index in [-0.39, 0.29) is 5.92 Å². The van der Waals surface area contributed by atoms with Crippen LogP contribution >= 0.6 is 0 Å². The maximum Gasteiger partial charge on any atom is 0.161 e. The van der Waals surface area contributed by atoms with Crippen LogP contribution in [0.15, 0.2) is 12.1 Å². The molecule has 0 saturated heterocycles. The molecule has 1 aliphatic carbocycles. The number of hydrogen-bond acceptors (Lipinski definition) is 3. The molecule has 0 bridgehead atoms. The third-order valence-corrected chi connectivity index (χ3v) is 3.29. The average Bonchev–Trinajstić information content (AvgIpc) is 3.07. The highest BCUT2D eigenvalue weighted by Crippen LogP contribution is 2.50. The molecule has 3 heteroatoms. The topological polar surface area (TPSA) is 42.2 Å². The normalized spacial score (nSPS) is 26.0. The van der Waals surface area contributed by atoms with E-state index in [2.05, 4.69) is 13.0 Å². The third kappa shape index (κ3) is 1.42. The maximum atomic E-state index is 8.86. The molecular weight excluding hydrogens is 202 g/mol. The summed E-state index contributed by atoms with van der Waals surface area (Å²) in [4.78, 5) is 0. The molecule has 0 spiro atoms. The lowest BCUT2D eigenvalue weighted by molar-refractivity contribution is 0.171. The van der Waals surface area contributed by atoms with Crippen molar-refractivity contribution in [2.45, 2.75) is 19.3 Å². The second-order valence-corrected chi connectivity index (χ2v) is 4.43.